The maximum atomic E-state index is 11.6. The zero-order chi connectivity index (χ0) is 19.5. The topological polar surface area (TPSA) is 71.3 Å². The minimum atomic E-state index is -0.249. The Balaban J connectivity index is 1.74. The van der Waals surface area contributed by atoms with Gasteiger partial charge in [0.2, 0.25) is 5.91 Å². The third-order valence-electron chi connectivity index (χ3n) is 4.47. The molecule has 28 heavy (non-hydrogen) atoms. The number of rotatable bonds is 5. The Morgan fingerprint density at radius 3 is 2.82 bits per heavy atom. The molecule has 4 rings (SSSR count). The van der Waals surface area contributed by atoms with Crippen molar-refractivity contribution in [1.29, 1.82) is 0 Å². The number of amides is 1. The molecular formula is C22H19N5O. The average Bonchev–Trinajstić information content (AvgIpc) is 3.20. The van der Waals surface area contributed by atoms with Gasteiger partial charge in [0, 0.05) is 16.9 Å². The molecule has 0 atom stereocenters. The second-order valence-corrected chi connectivity index (χ2v) is 6.36. The molecule has 1 amide bonds. The lowest BCUT2D eigenvalue weighted by Crippen LogP contribution is -2.07. The zero-order valence-corrected chi connectivity index (χ0v) is 15.4. The molecule has 138 valence electrons. The summed E-state index contributed by atoms with van der Waals surface area (Å²) >= 11 is 0. The smallest absolute Gasteiger partial charge is 0.247 e. The first-order valence-corrected chi connectivity index (χ1v) is 8.83. The first-order chi connectivity index (χ1) is 13.7. The number of hydrogen-bond donors (Lipinski definition) is 2. The van der Waals surface area contributed by atoms with Crippen molar-refractivity contribution in [3.63, 3.8) is 0 Å². The molecule has 2 aromatic heterocycles. The van der Waals surface area contributed by atoms with E-state index in [1.54, 1.807) is 18.7 Å². The number of nitrogens with one attached hydrogen (secondary N) is 2. The number of imidazole rings is 1. The number of anilines is 3. The van der Waals surface area contributed by atoms with Crippen LogP contribution in [0.25, 0.3) is 16.8 Å². The van der Waals surface area contributed by atoms with Crippen molar-refractivity contribution in [3.8, 4) is 11.3 Å². The molecule has 0 aliphatic carbocycles. The Morgan fingerprint density at radius 2 is 2.00 bits per heavy atom. The molecule has 0 unspecified atom stereocenters. The predicted octanol–water partition coefficient (Wildman–Crippen LogP) is 4.57. The van der Waals surface area contributed by atoms with Gasteiger partial charge >= 0.3 is 0 Å². The largest absolute Gasteiger partial charge is 0.338 e. The summed E-state index contributed by atoms with van der Waals surface area (Å²) < 4.78 is 1.97. The number of para-hydroxylation sites is 1. The van der Waals surface area contributed by atoms with Crippen molar-refractivity contribution < 1.29 is 4.79 Å². The van der Waals surface area contributed by atoms with Crippen LogP contribution in [0.2, 0.25) is 0 Å². The number of aryl methyl sites for hydroxylation is 1. The van der Waals surface area contributed by atoms with Gasteiger partial charge in [0.25, 0.3) is 0 Å². The predicted molar refractivity (Wildman–Crippen MR) is 112 cm³/mol. The fourth-order valence-corrected chi connectivity index (χ4v) is 3.02. The first kappa shape index (κ1) is 17.5. The van der Waals surface area contributed by atoms with E-state index >= 15 is 0 Å². The summed E-state index contributed by atoms with van der Waals surface area (Å²) in [5, 5.41) is 6.16. The van der Waals surface area contributed by atoms with E-state index < -0.39 is 0 Å². The van der Waals surface area contributed by atoms with E-state index in [-0.39, 0.29) is 5.91 Å². The molecule has 6 heteroatoms. The molecule has 0 saturated heterocycles. The van der Waals surface area contributed by atoms with E-state index in [9.17, 15) is 4.79 Å². The molecule has 0 saturated carbocycles. The molecule has 6 nitrogen and oxygen atoms in total. The highest BCUT2D eigenvalue weighted by Crippen LogP contribution is 2.28. The fourth-order valence-electron chi connectivity index (χ4n) is 3.02. The summed E-state index contributed by atoms with van der Waals surface area (Å²) in [5.74, 6) is 0.479. The van der Waals surface area contributed by atoms with Crippen LogP contribution < -0.4 is 10.6 Å². The zero-order valence-electron chi connectivity index (χ0n) is 15.4. The number of fused-ring (bicyclic) bond motifs is 1. The first-order valence-electron chi connectivity index (χ1n) is 8.83. The lowest BCUT2D eigenvalue weighted by atomic mass is 10.1. The Bertz CT molecular complexity index is 1180. The van der Waals surface area contributed by atoms with Crippen LogP contribution in [-0.2, 0) is 4.79 Å². The summed E-state index contributed by atoms with van der Waals surface area (Å²) in [7, 11) is 0. The van der Waals surface area contributed by atoms with Crippen LogP contribution in [-0.4, -0.2) is 20.3 Å². The molecule has 4 aromatic rings. The summed E-state index contributed by atoms with van der Waals surface area (Å²) in [5.41, 5.74) is 5.48. The van der Waals surface area contributed by atoms with E-state index in [0.717, 1.165) is 33.8 Å². The van der Waals surface area contributed by atoms with Gasteiger partial charge in [0.1, 0.15) is 5.52 Å². The fraction of sp³-hybridized carbons (Fsp3) is 0.0455. The number of aromatic nitrogens is 3. The Morgan fingerprint density at radius 1 is 1.14 bits per heavy atom. The van der Waals surface area contributed by atoms with Gasteiger partial charge in [0.15, 0.2) is 5.82 Å². The summed E-state index contributed by atoms with van der Waals surface area (Å²) in [4.78, 5) is 20.5. The highest BCUT2D eigenvalue weighted by molar-refractivity contribution is 5.99. The van der Waals surface area contributed by atoms with Crippen LogP contribution in [0.15, 0.2) is 79.9 Å². The monoisotopic (exact) mass is 369 g/mol. The quantitative estimate of drug-likeness (QED) is 0.506. The van der Waals surface area contributed by atoms with E-state index in [1.807, 2.05) is 59.9 Å². The van der Waals surface area contributed by atoms with Gasteiger partial charge in [-0.25, -0.2) is 9.97 Å². The molecule has 0 aliphatic heterocycles. The SMILES string of the molecule is C=CC(=O)Nc1cccc(-c2cnc(Nc3ccccc3C)c3cncn23)c1. The maximum Gasteiger partial charge on any atom is 0.247 e. The second-order valence-electron chi connectivity index (χ2n) is 6.36. The van der Waals surface area contributed by atoms with Crippen molar-refractivity contribution in [2.75, 3.05) is 10.6 Å². The van der Waals surface area contributed by atoms with Crippen LogP contribution in [0.1, 0.15) is 5.56 Å². The van der Waals surface area contributed by atoms with Crippen molar-refractivity contribution in [1.82, 2.24) is 14.4 Å². The Labute approximate surface area is 162 Å². The third-order valence-corrected chi connectivity index (χ3v) is 4.47. The van der Waals surface area contributed by atoms with E-state index in [4.69, 9.17) is 0 Å². The summed E-state index contributed by atoms with van der Waals surface area (Å²) in [6.07, 6.45) is 6.57. The molecule has 0 radical (unpaired) electrons. The van der Waals surface area contributed by atoms with Crippen LogP contribution in [0, 0.1) is 6.92 Å². The van der Waals surface area contributed by atoms with Gasteiger partial charge in [-0.05, 0) is 36.8 Å². The lowest BCUT2D eigenvalue weighted by molar-refractivity contribution is -0.111. The van der Waals surface area contributed by atoms with Crippen LogP contribution in [0.3, 0.4) is 0 Å². The normalized spacial score (nSPS) is 10.6. The molecule has 2 aromatic carbocycles. The molecule has 0 bridgehead atoms. The Kier molecular flexibility index (Phi) is 4.60. The minimum absolute atomic E-state index is 0.249. The minimum Gasteiger partial charge on any atom is -0.338 e. The molecular weight excluding hydrogens is 350 g/mol. The van der Waals surface area contributed by atoms with Gasteiger partial charge < -0.3 is 10.6 Å². The van der Waals surface area contributed by atoms with Crippen molar-refractivity contribution in [2.24, 2.45) is 0 Å². The van der Waals surface area contributed by atoms with Crippen molar-refractivity contribution >= 4 is 28.6 Å². The molecule has 0 spiro atoms. The van der Waals surface area contributed by atoms with Gasteiger partial charge in [-0.2, -0.15) is 0 Å². The molecule has 2 heterocycles. The Hall–Kier alpha value is -3.93. The molecule has 0 aliphatic rings. The van der Waals surface area contributed by atoms with E-state index in [2.05, 4.69) is 27.2 Å². The highest BCUT2D eigenvalue weighted by Gasteiger charge is 2.11. The van der Waals surface area contributed by atoms with E-state index in [1.165, 1.54) is 6.08 Å². The molecule has 0 fully saturated rings. The van der Waals surface area contributed by atoms with Gasteiger partial charge in [-0.1, -0.05) is 36.9 Å². The highest BCUT2D eigenvalue weighted by atomic mass is 16.1. The number of carbonyl (C=O) groups is 1. The molecule has 2 N–H and O–H groups in total. The summed E-state index contributed by atoms with van der Waals surface area (Å²) in [6, 6.07) is 15.6. The number of hydrogen-bond acceptors (Lipinski definition) is 4. The summed E-state index contributed by atoms with van der Waals surface area (Å²) in [6.45, 7) is 5.53. The van der Waals surface area contributed by atoms with Crippen molar-refractivity contribution in [3.05, 3.63) is 85.5 Å². The van der Waals surface area contributed by atoms with Gasteiger partial charge in [-0.15, -0.1) is 0 Å². The standard InChI is InChI=1S/C22H19N5O/c1-3-21(28)25-17-9-6-8-16(11-17)19-13-24-22(20-12-23-14-27(19)20)26-18-10-5-4-7-15(18)2/h3-14H,1H2,2H3,(H,24,26)(H,25,28). The number of benzene rings is 2. The lowest BCUT2D eigenvalue weighted by Gasteiger charge is -2.13. The number of nitrogens with zero attached hydrogens (tertiary/aromatic N) is 3. The van der Waals surface area contributed by atoms with Crippen LogP contribution in [0.5, 0.6) is 0 Å². The van der Waals surface area contributed by atoms with Crippen LogP contribution in [0.4, 0.5) is 17.2 Å². The second kappa shape index (κ2) is 7.36. The van der Waals surface area contributed by atoms with E-state index in [0.29, 0.717) is 5.69 Å². The number of carbonyl (C=O) groups excluding carboxylic acids is 1. The third kappa shape index (κ3) is 3.35. The van der Waals surface area contributed by atoms with Crippen molar-refractivity contribution in [2.45, 2.75) is 6.92 Å². The average molecular weight is 369 g/mol. The maximum absolute atomic E-state index is 11.6. The van der Waals surface area contributed by atoms with Gasteiger partial charge in [-0.3, -0.25) is 9.20 Å². The van der Waals surface area contributed by atoms with Gasteiger partial charge in [0.05, 0.1) is 24.4 Å². The van der Waals surface area contributed by atoms with Crippen LogP contribution >= 0.6 is 0 Å².